The van der Waals surface area contributed by atoms with Crippen molar-refractivity contribution in [1.82, 2.24) is 0 Å². The second kappa shape index (κ2) is 9.31. The van der Waals surface area contributed by atoms with Gasteiger partial charge in [-0.3, -0.25) is 14.4 Å². The van der Waals surface area contributed by atoms with Crippen LogP contribution in [0.25, 0.3) is 0 Å². The molecule has 0 spiro atoms. The van der Waals surface area contributed by atoms with Crippen LogP contribution in [-0.4, -0.2) is 24.3 Å². The number of anilines is 1. The number of benzene rings is 2. The SMILES string of the molecule is Cc1ccccc1NC(=O)COC(=O)CCC(=O)c1ccc2c(c1)CCCC2. The first-order valence-electron chi connectivity index (χ1n) is 9.69. The van der Waals surface area contributed by atoms with E-state index in [4.69, 9.17) is 4.74 Å². The van der Waals surface area contributed by atoms with E-state index in [-0.39, 0.29) is 25.2 Å². The third kappa shape index (κ3) is 5.28. The number of ketones is 1. The Balaban J connectivity index is 1.43. The maximum atomic E-state index is 12.4. The summed E-state index contributed by atoms with van der Waals surface area (Å²) in [5, 5.41) is 2.70. The van der Waals surface area contributed by atoms with Crippen molar-refractivity contribution in [1.29, 1.82) is 0 Å². The van der Waals surface area contributed by atoms with Crippen LogP contribution in [0.5, 0.6) is 0 Å². The highest BCUT2D eigenvalue weighted by molar-refractivity contribution is 5.98. The van der Waals surface area contributed by atoms with Gasteiger partial charge in [0, 0.05) is 17.7 Å². The monoisotopic (exact) mass is 379 g/mol. The van der Waals surface area contributed by atoms with Crippen LogP contribution in [0.2, 0.25) is 0 Å². The molecule has 0 radical (unpaired) electrons. The molecule has 0 bridgehead atoms. The van der Waals surface area contributed by atoms with Crippen molar-refractivity contribution in [3.8, 4) is 0 Å². The van der Waals surface area contributed by atoms with Crippen molar-refractivity contribution in [2.75, 3.05) is 11.9 Å². The second-order valence-electron chi connectivity index (χ2n) is 7.14. The normalized spacial score (nSPS) is 12.8. The summed E-state index contributed by atoms with van der Waals surface area (Å²) in [6.07, 6.45) is 4.48. The fourth-order valence-corrected chi connectivity index (χ4v) is 3.38. The lowest BCUT2D eigenvalue weighted by atomic mass is 9.89. The third-order valence-corrected chi connectivity index (χ3v) is 5.01. The predicted molar refractivity (Wildman–Crippen MR) is 107 cm³/mol. The number of para-hydroxylation sites is 1. The summed E-state index contributed by atoms with van der Waals surface area (Å²) < 4.78 is 4.99. The Bertz CT molecular complexity index is 888. The number of fused-ring (bicyclic) bond motifs is 1. The first-order chi connectivity index (χ1) is 13.5. The van der Waals surface area contributed by atoms with Gasteiger partial charge in [0.15, 0.2) is 12.4 Å². The van der Waals surface area contributed by atoms with Gasteiger partial charge in [-0.1, -0.05) is 30.3 Å². The molecule has 1 aliphatic rings. The highest BCUT2D eigenvalue weighted by Crippen LogP contribution is 2.23. The van der Waals surface area contributed by atoms with Gasteiger partial charge in [0.05, 0.1) is 6.42 Å². The van der Waals surface area contributed by atoms with Crippen LogP contribution in [-0.2, 0) is 27.2 Å². The zero-order valence-electron chi connectivity index (χ0n) is 16.1. The topological polar surface area (TPSA) is 72.5 Å². The zero-order valence-corrected chi connectivity index (χ0v) is 16.1. The Kier molecular flexibility index (Phi) is 6.58. The molecule has 0 saturated carbocycles. The van der Waals surface area contributed by atoms with Crippen LogP contribution in [0, 0.1) is 6.92 Å². The van der Waals surface area contributed by atoms with Gasteiger partial charge in [-0.05, 0) is 61.4 Å². The van der Waals surface area contributed by atoms with Crippen LogP contribution in [0.15, 0.2) is 42.5 Å². The van der Waals surface area contributed by atoms with E-state index in [1.165, 1.54) is 17.5 Å². The molecule has 0 fully saturated rings. The molecule has 0 saturated heterocycles. The molecule has 5 nitrogen and oxygen atoms in total. The van der Waals surface area contributed by atoms with E-state index in [9.17, 15) is 14.4 Å². The molecular formula is C23H25NO4. The molecule has 1 amide bonds. The lowest BCUT2D eigenvalue weighted by molar-refractivity contribution is -0.147. The van der Waals surface area contributed by atoms with Crippen LogP contribution in [0.3, 0.4) is 0 Å². The van der Waals surface area contributed by atoms with Gasteiger partial charge in [-0.25, -0.2) is 0 Å². The summed E-state index contributed by atoms with van der Waals surface area (Å²) in [5.41, 5.74) is 4.82. The molecule has 5 heteroatoms. The maximum absolute atomic E-state index is 12.4. The lowest BCUT2D eigenvalue weighted by Crippen LogP contribution is -2.21. The van der Waals surface area contributed by atoms with Gasteiger partial charge in [0.1, 0.15) is 0 Å². The highest BCUT2D eigenvalue weighted by Gasteiger charge is 2.15. The van der Waals surface area contributed by atoms with E-state index >= 15 is 0 Å². The van der Waals surface area contributed by atoms with E-state index < -0.39 is 11.9 Å². The van der Waals surface area contributed by atoms with Crippen LogP contribution in [0.4, 0.5) is 5.69 Å². The minimum atomic E-state index is -0.550. The molecule has 3 rings (SSSR count). The first-order valence-corrected chi connectivity index (χ1v) is 9.69. The van der Waals surface area contributed by atoms with Crippen molar-refractivity contribution in [3.63, 3.8) is 0 Å². The number of carbonyl (C=O) groups excluding carboxylic acids is 3. The quantitative estimate of drug-likeness (QED) is 0.583. The van der Waals surface area contributed by atoms with E-state index in [1.807, 2.05) is 43.3 Å². The Hall–Kier alpha value is -2.95. The van der Waals surface area contributed by atoms with E-state index in [0.717, 1.165) is 24.8 Å². The standard InChI is InChI=1S/C23H25NO4/c1-16-6-2-5-9-20(16)24-22(26)15-28-23(27)13-12-21(25)19-11-10-17-7-3-4-8-18(17)14-19/h2,5-6,9-11,14H,3-4,7-8,12-13,15H2,1H3,(H,24,26). The van der Waals surface area contributed by atoms with Gasteiger partial charge in [-0.15, -0.1) is 0 Å². The van der Waals surface area contributed by atoms with Gasteiger partial charge < -0.3 is 10.1 Å². The number of rotatable bonds is 7. The number of carbonyl (C=O) groups is 3. The highest BCUT2D eigenvalue weighted by atomic mass is 16.5. The summed E-state index contributed by atoms with van der Waals surface area (Å²) in [7, 11) is 0. The van der Waals surface area contributed by atoms with Gasteiger partial charge in [0.25, 0.3) is 5.91 Å². The number of esters is 1. The Morgan fingerprint density at radius 3 is 2.50 bits per heavy atom. The summed E-state index contributed by atoms with van der Waals surface area (Å²) in [6, 6.07) is 13.2. The molecule has 1 N–H and O–H groups in total. The number of aryl methyl sites for hydroxylation is 3. The van der Waals surface area contributed by atoms with Crippen molar-refractivity contribution < 1.29 is 19.1 Å². The fraction of sp³-hybridized carbons (Fsp3) is 0.348. The summed E-state index contributed by atoms with van der Waals surface area (Å²) in [5.74, 6) is -1.02. The minimum Gasteiger partial charge on any atom is -0.456 e. The molecule has 0 atom stereocenters. The number of amides is 1. The Morgan fingerprint density at radius 2 is 1.71 bits per heavy atom. The molecule has 28 heavy (non-hydrogen) atoms. The zero-order chi connectivity index (χ0) is 19.9. The van der Waals surface area contributed by atoms with E-state index in [1.54, 1.807) is 6.07 Å². The Morgan fingerprint density at radius 1 is 0.964 bits per heavy atom. The molecule has 0 aromatic heterocycles. The van der Waals surface area contributed by atoms with Crippen LogP contribution < -0.4 is 5.32 Å². The molecule has 0 unspecified atom stereocenters. The predicted octanol–water partition coefficient (Wildman–Crippen LogP) is 4.02. The molecular weight excluding hydrogens is 354 g/mol. The number of Topliss-reactive ketones (excluding diaryl/α,β-unsaturated/α-hetero) is 1. The number of hydrogen-bond donors (Lipinski definition) is 1. The smallest absolute Gasteiger partial charge is 0.306 e. The summed E-state index contributed by atoms with van der Waals surface area (Å²) in [4.78, 5) is 36.2. The maximum Gasteiger partial charge on any atom is 0.306 e. The molecule has 2 aromatic carbocycles. The molecule has 2 aromatic rings. The minimum absolute atomic E-state index is 0.0342. The largest absolute Gasteiger partial charge is 0.456 e. The molecule has 0 aliphatic heterocycles. The average molecular weight is 379 g/mol. The number of ether oxygens (including phenoxy) is 1. The average Bonchev–Trinajstić information content (AvgIpc) is 2.71. The second-order valence-corrected chi connectivity index (χ2v) is 7.14. The van der Waals surface area contributed by atoms with Crippen molar-refractivity contribution in [2.24, 2.45) is 0 Å². The first kappa shape index (κ1) is 19.8. The Labute approximate surface area is 165 Å². The van der Waals surface area contributed by atoms with Crippen LogP contribution >= 0.6 is 0 Å². The number of hydrogen-bond acceptors (Lipinski definition) is 4. The van der Waals surface area contributed by atoms with Gasteiger partial charge in [0.2, 0.25) is 0 Å². The van der Waals surface area contributed by atoms with Crippen molar-refractivity contribution in [3.05, 3.63) is 64.7 Å². The summed E-state index contributed by atoms with van der Waals surface area (Å²) in [6.45, 7) is 1.52. The molecule has 146 valence electrons. The number of nitrogens with one attached hydrogen (secondary N) is 1. The van der Waals surface area contributed by atoms with Crippen LogP contribution in [0.1, 0.15) is 52.7 Å². The van der Waals surface area contributed by atoms with Gasteiger partial charge >= 0.3 is 5.97 Å². The van der Waals surface area contributed by atoms with E-state index in [2.05, 4.69) is 5.32 Å². The molecule has 0 heterocycles. The third-order valence-electron chi connectivity index (χ3n) is 5.01. The van der Waals surface area contributed by atoms with Crippen molar-refractivity contribution in [2.45, 2.75) is 45.4 Å². The molecule has 1 aliphatic carbocycles. The summed E-state index contributed by atoms with van der Waals surface area (Å²) >= 11 is 0. The lowest BCUT2D eigenvalue weighted by Gasteiger charge is -2.16. The van der Waals surface area contributed by atoms with Gasteiger partial charge in [-0.2, -0.15) is 0 Å². The van der Waals surface area contributed by atoms with E-state index in [0.29, 0.717) is 11.3 Å². The fourth-order valence-electron chi connectivity index (χ4n) is 3.38. The van der Waals surface area contributed by atoms with Crippen molar-refractivity contribution >= 4 is 23.3 Å².